The third-order valence-corrected chi connectivity index (χ3v) is 9.85. The SMILES string of the molecule is c1ccc(-c2cccc(-c3ccc4c(-c5ccccc5)c5cc(-c6cccc(-c7ccccc7)c6)ccc5c(-c5ccccc5)c4c3)c2)cc1. The van der Waals surface area contributed by atoms with E-state index in [1.165, 1.54) is 88.3 Å². The van der Waals surface area contributed by atoms with Gasteiger partial charge < -0.3 is 0 Å². The molecule has 0 aliphatic heterocycles. The summed E-state index contributed by atoms with van der Waals surface area (Å²) < 4.78 is 0. The molecule has 0 N–H and O–H groups in total. The second-order valence-corrected chi connectivity index (χ2v) is 12.9. The molecule has 0 radical (unpaired) electrons. The van der Waals surface area contributed by atoms with E-state index in [2.05, 4.69) is 206 Å². The van der Waals surface area contributed by atoms with Gasteiger partial charge in [0, 0.05) is 0 Å². The van der Waals surface area contributed by atoms with Gasteiger partial charge in [0.1, 0.15) is 0 Å². The molecule has 0 spiro atoms. The summed E-state index contributed by atoms with van der Waals surface area (Å²) in [5.41, 5.74) is 14.7. The number of fused-ring (bicyclic) bond motifs is 2. The molecule has 0 aliphatic rings. The van der Waals surface area contributed by atoms with E-state index in [-0.39, 0.29) is 0 Å². The quantitative estimate of drug-likeness (QED) is 0.160. The van der Waals surface area contributed by atoms with Crippen LogP contribution in [0.15, 0.2) is 206 Å². The molecule has 9 aromatic rings. The Morgan fingerprint density at radius 1 is 0.160 bits per heavy atom. The van der Waals surface area contributed by atoms with E-state index in [1.807, 2.05) is 0 Å². The van der Waals surface area contributed by atoms with Crippen LogP contribution in [0.4, 0.5) is 0 Å². The van der Waals surface area contributed by atoms with Crippen molar-refractivity contribution in [3.05, 3.63) is 206 Å². The topological polar surface area (TPSA) is 0 Å². The molecule has 0 nitrogen and oxygen atoms in total. The summed E-state index contributed by atoms with van der Waals surface area (Å²) in [5.74, 6) is 0. The average Bonchev–Trinajstić information content (AvgIpc) is 3.21. The summed E-state index contributed by atoms with van der Waals surface area (Å²) in [5, 5.41) is 5.01. The maximum atomic E-state index is 2.41. The van der Waals surface area contributed by atoms with Gasteiger partial charge >= 0.3 is 0 Å². The van der Waals surface area contributed by atoms with Crippen molar-refractivity contribution in [1.29, 1.82) is 0 Å². The van der Waals surface area contributed by atoms with E-state index in [4.69, 9.17) is 0 Å². The van der Waals surface area contributed by atoms with Crippen LogP contribution >= 0.6 is 0 Å². The van der Waals surface area contributed by atoms with Crippen LogP contribution in [0.1, 0.15) is 0 Å². The Bertz CT molecular complexity index is 2420. The Morgan fingerprint density at radius 3 is 0.800 bits per heavy atom. The Morgan fingerprint density at radius 2 is 0.440 bits per heavy atom. The lowest BCUT2D eigenvalue weighted by atomic mass is 9.83. The van der Waals surface area contributed by atoms with E-state index < -0.39 is 0 Å². The van der Waals surface area contributed by atoms with E-state index in [0.717, 1.165) is 0 Å². The molecular formula is C50H34. The van der Waals surface area contributed by atoms with Gasteiger partial charge in [-0.15, -0.1) is 0 Å². The maximum Gasteiger partial charge on any atom is -0.00261 e. The van der Waals surface area contributed by atoms with Crippen molar-refractivity contribution in [2.45, 2.75) is 0 Å². The predicted octanol–water partition coefficient (Wildman–Crippen LogP) is 14.0. The first kappa shape index (κ1) is 29.6. The summed E-state index contributed by atoms with van der Waals surface area (Å²) in [6, 6.07) is 75.0. The first-order valence-electron chi connectivity index (χ1n) is 17.3. The van der Waals surface area contributed by atoms with Crippen LogP contribution in [0.2, 0.25) is 0 Å². The van der Waals surface area contributed by atoms with Crippen LogP contribution in [0.3, 0.4) is 0 Å². The molecule has 0 bridgehead atoms. The number of hydrogen-bond acceptors (Lipinski definition) is 0. The molecule has 0 unspecified atom stereocenters. The first-order valence-corrected chi connectivity index (χ1v) is 17.3. The van der Waals surface area contributed by atoms with Gasteiger partial charge in [-0.05, 0) is 113 Å². The maximum absolute atomic E-state index is 2.41. The predicted molar refractivity (Wildman–Crippen MR) is 214 cm³/mol. The molecule has 0 amide bonds. The highest BCUT2D eigenvalue weighted by molar-refractivity contribution is 6.22. The zero-order valence-corrected chi connectivity index (χ0v) is 27.6. The van der Waals surface area contributed by atoms with Crippen LogP contribution in [-0.2, 0) is 0 Å². The van der Waals surface area contributed by atoms with Crippen LogP contribution < -0.4 is 0 Å². The van der Waals surface area contributed by atoms with Gasteiger partial charge in [-0.2, -0.15) is 0 Å². The van der Waals surface area contributed by atoms with Gasteiger partial charge in [-0.25, -0.2) is 0 Å². The molecular weight excluding hydrogens is 601 g/mol. The average molecular weight is 635 g/mol. The monoisotopic (exact) mass is 634 g/mol. The van der Waals surface area contributed by atoms with Crippen molar-refractivity contribution >= 4 is 21.5 Å². The van der Waals surface area contributed by atoms with Gasteiger partial charge in [-0.1, -0.05) is 182 Å². The van der Waals surface area contributed by atoms with Crippen LogP contribution in [-0.4, -0.2) is 0 Å². The first-order chi connectivity index (χ1) is 24.8. The molecule has 0 aromatic heterocycles. The van der Waals surface area contributed by atoms with Gasteiger partial charge in [-0.3, -0.25) is 0 Å². The van der Waals surface area contributed by atoms with Crippen LogP contribution in [0, 0.1) is 0 Å². The lowest BCUT2D eigenvalue weighted by Gasteiger charge is -2.20. The summed E-state index contributed by atoms with van der Waals surface area (Å²) in [4.78, 5) is 0. The molecule has 0 heterocycles. The second-order valence-electron chi connectivity index (χ2n) is 12.9. The Hall–Kier alpha value is -6.50. The summed E-state index contributed by atoms with van der Waals surface area (Å²) in [7, 11) is 0. The van der Waals surface area contributed by atoms with Crippen molar-refractivity contribution < 1.29 is 0 Å². The van der Waals surface area contributed by atoms with Gasteiger partial charge in [0.05, 0.1) is 0 Å². The number of hydrogen-bond donors (Lipinski definition) is 0. The lowest BCUT2D eigenvalue weighted by molar-refractivity contribution is 1.59. The van der Waals surface area contributed by atoms with Gasteiger partial charge in [0.15, 0.2) is 0 Å². The normalized spacial score (nSPS) is 11.2. The summed E-state index contributed by atoms with van der Waals surface area (Å²) in [6.45, 7) is 0. The molecule has 234 valence electrons. The highest BCUT2D eigenvalue weighted by Crippen LogP contribution is 2.46. The fourth-order valence-electron chi connectivity index (χ4n) is 7.44. The molecule has 0 saturated heterocycles. The standard InChI is InChI=1S/C50H34/c1-5-15-35(16-6-1)39-23-13-25-41(31-39)43-27-29-45-47(33-43)49(37-19-9-3-10-20-37)46-30-28-44(34-48(46)50(45)38-21-11-4-12-22-38)42-26-14-24-40(32-42)36-17-7-2-8-18-36/h1-34H. The molecule has 0 fully saturated rings. The minimum absolute atomic E-state index is 1.21. The molecule has 0 saturated carbocycles. The smallest absolute Gasteiger partial charge is 0.00261 e. The Balaban J connectivity index is 1.31. The molecule has 9 rings (SSSR count). The van der Waals surface area contributed by atoms with Crippen molar-refractivity contribution in [2.75, 3.05) is 0 Å². The third kappa shape index (κ3) is 5.48. The van der Waals surface area contributed by atoms with Gasteiger partial charge in [0.25, 0.3) is 0 Å². The van der Waals surface area contributed by atoms with E-state index in [1.54, 1.807) is 0 Å². The Labute approximate surface area is 293 Å². The van der Waals surface area contributed by atoms with Gasteiger partial charge in [0.2, 0.25) is 0 Å². The second kappa shape index (κ2) is 12.8. The highest BCUT2D eigenvalue weighted by Gasteiger charge is 2.18. The summed E-state index contributed by atoms with van der Waals surface area (Å²) in [6.07, 6.45) is 0. The largest absolute Gasteiger partial charge is 0.0622 e. The number of benzene rings is 9. The molecule has 0 heteroatoms. The zero-order chi connectivity index (χ0) is 33.3. The minimum atomic E-state index is 1.21. The van der Waals surface area contributed by atoms with E-state index in [0.29, 0.717) is 0 Å². The van der Waals surface area contributed by atoms with Crippen LogP contribution in [0.5, 0.6) is 0 Å². The Kier molecular flexibility index (Phi) is 7.61. The van der Waals surface area contributed by atoms with E-state index in [9.17, 15) is 0 Å². The van der Waals surface area contributed by atoms with Crippen molar-refractivity contribution in [3.8, 4) is 66.8 Å². The van der Waals surface area contributed by atoms with Crippen molar-refractivity contribution in [1.82, 2.24) is 0 Å². The molecule has 0 atom stereocenters. The fraction of sp³-hybridized carbons (Fsp3) is 0. The molecule has 0 aliphatic carbocycles. The van der Waals surface area contributed by atoms with Crippen molar-refractivity contribution in [3.63, 3.8) is 0 Å². The fourth-order valence-corrected chi connectivity index (χ4v) is 7.44. The minimum Gasteiger partial charge on any atom is -0.0622 e. The summed E-state index contributed by atoms with van der Waals surface area (Å²) >= 11 is 0. The van der Waals surface area contributed by atoms with Crippen LogP contribution in [0.25, 0.3) is 88.3 Å². The molecule has 9 aromatic carbocycles. The highest BCUT2D eigenvalue weighted by atomic mass is 14.2. The van der Waals surface area contributed by atoms with E-state index >= 15 is 0 Å². The zero-order valence-electron chi connectivity index (χ0n) is 27.6. The molecule has 50 heavy (non-hydrogen) atoms. The number of rotatable bonds is 6. The third-order valence-electron chi connectivity index (χ3n) is 9.85. The lowest BCUT2D eigenvalue weighted by Crippen LogP contribution is -1.93. The van der Waals surface area contributed by atoms with Crippen molar-refractivity contribution in [2.24, 2.45) is 0 Å².